The summed E-state index contributed by atoms with van der Waals surface area (Å²) in [6, 6.07) is 8.47. The fraction of sp³-hybridized carbons (Fsp3) is 0.222. The fourth-order valence-electron chi connectivity index (χ4n) is 2.81. The molecule has 1 atom stereocenters. The molecule has 1 fully saturated rings. The van der Waals surface area contributed by atoms with Crippen LogP contribution in [0.3, 0.4) is 0 Å². The number of carbonyl (C=O) groups is 2. The Labute approximate surface area is 154 Å². The minimum atomic E-state index is -1.05. The van der Waals surface area contributed by atoms with Crippen molar-refractivity contribution >= 4 is 57.2 Å². The normalized spacial score (nSPS) is 17.7. The molecule has 0 bridgehead atoms. The van der Waals surface area contributed by atoms with Gasteiger partial charge in [-0.3, -0.25) is 14.7 Å². The van der Waals surface area contributed by atoms with Crippen molar-refractivity contribution in [1.82, 2.24) is 9.88 Å². The molecule has 2 aromatic rings. The lowest BCUT2D eigenvalue weighted by molar-refractivity contribution is -0.146. The van der Waals surface area contributed by atoms with Gasteiger partial charge in [-0.2, -0.15) is 0 Å². The van der Waals surface area contributed by atoms with Gasteiger partial charge in [-0.1, -0.05) is 56.0 Å². The first-order valence-corrected chi connectivity index (χ1v) is 8.96. The molecule has 0 spiro atoms. The van der Waals surface area contributed by atoms with Gasteiger partial charge in [0, 0.05) is 11.6 Å². The molecule has 0 radical (unpaired) electrons. The van der Waals surface area contributed by atoms with Crippen LogP contribution in [0.5, 0.6) is 0 Å². The van der Waals surface area contributed by atoms with Crippen LogP contribution in [0.2, 0.25) is 0 Å². The minimum absolute atomic E-state index is 0.249. The smallest absolute Gasteiger partial charge is 0.327 e. The average molecular weight is 372 g/mol. The molecule has 1 aromatic heterocycles. The van der Waals surface area contributed by atoms with Crippen LogP contribution in [0, 0.1) is 5.92 Å². The molecule has 3 rings (SSSR count). The first-order chi connectivity index (χ1) is 11.9. The quantitative estimate of drug-likeness (QED) is 0.654. The number of fused-ring (bicyclic) bond motifs is 1. The van der Waals surface area contributed by atoms with E-state index in [1.807, 2.05) is 30.3 Å². The zero-order chi connectivity index (χ0) is 18.1. The molecule has 0 aliphatic carbocycles. The van der Waals surface area contributed by atoms with Gasteiger partial charge in [-0.05, 0) is 29.7 Å². The van der Waals surface area contributed by atoms with E-state index in [0.29, 0.717) is 4.91 Å². The number of carboxylic acids is 1. The number of carboxylic acid groups (broad SMARTS) is 1. The fourth-order valence-corrected chi connectivity index (χ4v) is 4.13. The summed E-state index contributed by atoms with van der Waals surface area (Å²) in [5.74, 6) is -1.67. The molecule has 1 aliphatic heterocycles. The Morgan fingerprint density at radius 3 is 2.76 bits per heavy atom. The SMILES string of the molecule is CC(C)[C@H](C(=O)O)N1C(=O)/C(=C/c2cccc3ncccc23)SC1=S. The Bertz CT molecular complexity index is 903. The molecule has 1 amide bonds. The first-order valence-electron chi connectivity index (χ1n) is 7.73. The van der Waals surface area contributed by atoms with E-state index in [-0.39, 0.29) is 16.1 Å². The maximum absolute atomic E-state index is 12.8. The van der Waals surface area contributed by atoms with Gasteiger partial charge in [0.2, 0.25) is 0 Å². The summed E-state index contributed by atoms with van der Waals surface area (Å²) < 4.78 is 0.274. The zero-order valence-electron chi connectivity index (χ0n) is 13.7. The highest BCUT2D eigenvalue weighted by Crippen LogP contribution is 2.36. The monoisotopic (exact) mass is 372 g/mol. The second kappa shape index (κ2) is 6.93. The van der Waals surface area contributed by atoms with Crippen LogP contribution in [0.4, 0.5) is 0 Å². The highest BCUT2D eigenvalue weighted by Gasteiger charge is 2.41. The van der Waals surface area contributed by atoms with Crippen molar-refractivity contribution < 1.29 is 14.7 Å². The molecular weight excluding hydrogens is 356 g/mol. The number of hydrogen-bond acceptors (Lipinski definition) is 5. The predicted molar refractivity (Wildman–Crippen MR) is 103 cm³/mol. The van der Waals surface area contributed by atoms with Gasteiger partial charge in [-0.25, -0.2) is 4.79 Å². The first kappa shape index (κ1) is 17.6. The summed E-state index contributed by atoms with van der Waals surface area (Å²) in [5.41, 5.74) is 1.68. The van der Waals surface area contributed by atoms with Crippen LogP contribution in [-0.2, 0) is 9.59 Å². The molecular formula is C18H16N2O3S2. The lowest BCUT2D eigenvalue weighted by Gasteiger charge is -2.26. The van der Waals surface area contributed by atoms with Crippen molar-refractivity contribution in [1.29, 1.82) is 0 Å². The van der Waals surface area contributed by atoms with Gasteiger partial charge in [0.15, 0.2) is 0 Å². The van der Waals surface area contributed by atoms with Gasteiger partial charge in [0.25, 0.3) is 5.91 Å². The van der Waals surface area contributed by atoms with Gasteiger partial charge < -0.3 is 5.11 Å². The molecule has 128 valence electrons. The number of pyridine rings is 1. The Morgan fingerprint density at radius 1 is 1.32 bits per heavy atom. The molecule has 7 heteroatoms. The van der Waals surface area contributed by atoms with Crippen molar-refractivity contribution in [2.75, 3.05) is 0 Å². The summed E-state index contributed by atoms with van der Waals surface area (Å²) in [5, 5.41) is 10.4. The highest BCUT2D eigenvalue weighted by atomic mass is 32.2. The van der Waals surface area contributed by atoms with Crippen molar-refractivity contribution in [2.24, 2.45) is 5.92 Å². The third kappa shape index (κ3) is 3.29. The van der Waals surface area contributed by atoms with Gasteiger partial charge in [-0.15, -0.1) is 0 Å². The molecule has 1 saturated heterocycles. The topological polar surface area (TPSA) is 70.5 Å². The van der Waals surface area contributed by atoms with E-state index in [0.717, 1.165) is 28.2 Å². The van der Waals surface area contributed by atoms with E-state index in [2.05, 4.69) is 4.98 Å². The van der Waals surface area contributed by atoms with Crippen LogP contribution in [0.1, 0.15) is 19.4 Å². The molecule has 0 saturated carbocycles. The number of thiocarbonyl (C=S) groups is 1. The lowest BCUT2D eigenvalue weighted by Crippen LogP contribution is -2.47. The van der Waals surface area contributed by atoms with Gasteiger partial charge in [0.1, 0.15) is 10.4 Å². The summed E-state index contributed by atoms with van der Waals surface area (Å²) >= 11 is 6.41. The van der Waals surface area contributed by atoms with Crippen LogP contribution in [0.25, 0.3) is 17.0 Å². The molecule has 25 heavy (non-hydrogen) atoms. The predicted octanol–water partition coefficient (Wildman–Crippen LogP) is 3.55. The van der Waals surface area contributed by atoms with E-state index in [1.165, 1.54) is 4.90 Å². The maximum Gasteiger partial charge on any atom is 0.327 e. The third-order valence-electron chi connectivity index (χ3n) is 3.95. The summed E-state index contributed by atoms with van der Waals surface area (Å²) in [6.07, 6.45) is 3.47. The van der Waals surface area contributed by atoms with Crippen LogP contribution < -0.4 is 0 Å². The number of aromatic nitrogens is 1. The molecule has 0 unspecified atom stereocenters. The molecule has 1 N–H and O–H groups in total. The summed E-state index contributed by atoms with van der Waals surface area (Å²) in [4.78, 5) is 30.3. The van der Waals surface area contributed by atoms with E-state index in [9.17, 15) is 14.7 Å². The number of nitrogens with zero attached hydrogens (tertiary/aromatic N) is 2. The highest BCUT2D eigenvalue weighted by molar-refractivity contribution is 8.26. The van der Waals surface area contributed by atoms with Crippen molar-refractivity contribution in [3.8, 4) is 0 Å². The minimum Gasteiger partial charge on any atom is -0.480 e. The Hall–Kier alpha value is -2.25. The molecule has 1 aliphatic rings. The summed E-state index contributed by atoms with van der Waals surface area (Å²) in [6.45, 7) is 3.52. The largest absolute Gasteiger partial charge is 0.480 e. The van der Waals surface area contributed by atoms with Crippen LogP contribution >= 0.6 is 24.0 Å². The Balaban J connectivity index is 2.02. The standard InChI is InChI=1S/C18H16N2O3S2/c1-10(2)15(17(22)23)20-16(21)14(25-18(20)24)9-11-5-3-7-13-12(11)6-4-8-19-13/h3-10,15H,1-2H3,(H,22,23)/b14-9-/t15-/m1/s1. The van der Waals surface area contributed by atoms with Crippen LogP contribution in [-0.4, -0.2) is 37.2 Å². The van der Waals surface area contributed by atoms with E-state index < -0.39 is 12.0 Å². The molecule has 1 aromatic carbocycles. The number of rotatable bonds is 4. The van der Waals surface area contributed by atoms with Gasteiger partial charge >= 0.3 is 5.97 Å². The Kier molecular flexibility index (Phi) is 4.87. The second-order valence-corrected chi connectivity index (χ2v) is 7.67. The van der Waals surface area contributed by atoms with Gasteiger partial charge in [0.05, 0.1) is 10.4 Å². The summed E-state index contributed by atoms with van der Waals surface area (Å²) in [7, 11) is 0. The van der Waals surface area contributed by atoms with Crippen LogP contribution in [0.15, 0.2) is 41.4 Å². The average Bonchev–Trinajstić information content (AvgIpc) is 2.83. The number of thioether (sulfide) groups is 1. The third-order valence-corrected chi connectivity index (χ3v) is 5.28. The number of amides is 1. The van der Waals surface area contributed by atoms with E-state index >= 15 is 0 Å². The van der Waals surface area contributed by atoms with Crippen molar-refractivity contribution in [2.45, 2.75) is 19.9 Å². The number of hydrogen-bond donors (Lipinski definition) is 1. The van der Waals surface area contributed by atoms with E-state index in [4.69, 9.17) is 12.2 Å². The second-order valence-electron chi connectivity index (χ2n) is 6.00. The number of carbonyl (C=O) groups excluding carboxylic acids is 1. The Morgan fingerprint density at radius 2 is 2.08 bits per heavy atom. The molecule has 5 nitrogen and oxygen atoms in total. The number of aliphatic carboxylic acids is 1. The number of benzene rings is 1. The maximum atomic E-state index is 12.8. The molecule has 2 heterocycles. The van der Waals surface area contributed by atoms with Crippen molar-refractivity contribution in [3.05, 3.63) is 47.0 Å². The lowest BCUT2D eigenvalue weighted by atomic mass is 10.0. The van der Waals surface area contributed by atoms with E-state index in [1.54, 1.807) is 26.1 Å². The zero-order valence-corrected chi connectivity index (χ0v) is 15.3. The van der Waals surface area contributed by atoms with Crippen molar-refractivity contribution in [3.63, 3.8) is 0 Å².